The Morgan fingerprint density at radius 2 is 1.94 bits per heavy atom. The molecule has 9 heteroatoms. The zero-order valence-corrected chi connectivity index (χ0v) is 18.3. The second-order valence-corrected chi connectivity index (χ2v) is 7.31. The molecule has 2 N–H and O–H groups in total. The number of carbonyl (C=O) groups excluding carboxylic acids is 1. The van der Waals surface area contributed by atoms with E-state index in [-0.39, 0.29) is 11.9 Å². The van der Waals surface area contributed by atoms with Crippen molar-refractivity contribution >= 4 is 11.9 Å². The lowest BCUT2D eigenvalue weighted by Crippen LogP contribution is -2.14. The summed E-state index contributed by atoms with van der Waals surface area (Å²) < 4.78 is 12.5. The van der Waals surface area contributed by atoms with Crippen LogP contribution in [0.1, 0.15) is 27.3 Å². The average molecular weight is 432 g/mol. The normalized spacial score (nSPS) is 10.8. The summed E-state index contributed by atoms with van der Waals surface area (Å²) in [5.41, 5.74) is 4.22. The van der Waals surface area contributed by atoms with Crippen LogP contribution in [0, 0.1) is 13.8 Å². The third-order valence-electron chi connectivity index (χ3n) is 5.00. The Bertz CT molecular complexity index is 1260. The third kappa shape index (κ3) is 4.46. The van der Waals surface area contributed by atoms with Gasteiger partial charge >= 0.3 is 0 Å². The van der Waals surface area contributed by atoms with E-state index in [9.17, 15) is 4.79 Å². The Kier molecular flexibility index (Phi) is 5.89. The highest BCUT2D eigenvalue weighted by Crippen LogP contribution is 2.31. The number of aryl methyl sites for hydroxylation is 2. The smallest absolute Gasteiger partial charge is 0.258 e. The summed E-state index contributed by atoms with van der Waals surface area (Å²) >= 11 is 0. The first kappa shape index (κ1) is 21.1. The van der Waals surface area contributed by atoms with Crippen molar-refractivity contribution in [3.05, 3.63) is 71.0 Å². The average Bonchev–Trinajstić information content (AvgIpc) is 3.38. The van der Waals surface area contributed by atoms with Gasteiger partial charge in [-0.1, -0.05) is 12.1 Å². The van der Waals surface area contributed by atoms with Gasteiger partial charge in [0.2, 0.25) is 5.95 Å². The second-order valence-electron chi connectivity index (χ2n) is 7.31. The molecule has 0 aliphatic rings. The molecule has 9 nitrogen and oxygen atoms in total. The molecule has 0 aliphatic carbocycles. The highest BCUT2D eigenvalue weighted by molar-refractivity contribution is 6.03. The monoisotopic (exact) mass is 432 g/mol. The lowest BCUT2D eigenvalue weighted by Gasteiger charge is -2.08. The highest BCUT2D eigenvalue weighted by Gasteiger charge is 2.15. The molecule has 0 unspecified atom stereocenters. The van der Waals surface area contributed by atoms with Crippen LogP contribution < -0.4 is 14.8 Å². The molecule has 0 atom stereocenters. The fourth-order valence-corrected chi connectivity index (χ4v) is 3.42. The van der Waals surface area contributed by atoms with Crippen LogP contribution in [0.15, 0.2) is 48.5 Å². The van der Waals surface area contributed by atoms with Crippen LogP contribution in [0.25, 0.3) is 11.4 Å². The number of carbonyl (C=O) groups is 1. The van der Waals surface area contributed by atoms with Crippen LogP contribution in [0.5, 0.6) is 11.5 Å². The number of H-pyrrole nitrogens is 1. The Hall–Kier alpha value is -4.14. The van der Waals surface area contributed by atoms with Gasteiger partial charge in [-0.15, -0.1) is 5.10 Å². The van der Waals surface area contributed by atoms with E-state index >= 15 is 0 Å². The molecule has 4 rings (SSSR count). The molecular formula is C23H24N6O3. The van der Waals surface area contributed by atoms with Gasteiger partial charge in [-0.2, -0.15) is 10.1 Å². The van der Waals surface area contributed by atoms with Gasteiger partial charge in [-0.25, -0.2) is 0 Å². The van der Waals surface area contributed by atoms with E-state index in [1.54, 1.807) is 32.4 Å². The molecule has 4 aromatic rings. The number of methoxy groups -OCH3 is 2. The molecule has 32 heavy (non-hydrogen) atoms. The summed E-state index contributed by atoms with van der Waals surface area (Å²) in [6.07, 6.45) is 0. The van der Waals surface area contributed by atoms with Crippen LogP contribution >= 0.6 is 0 Å². The SMILES string of the molecule is COc1ccc(-c2nc(NC(=O)c3cccc(Cn4nc(C)cc4C)c3)n[nH]2)c(OC)c1. The van der Waals surface area contributed by atoms with Gasteiger partial charge in [0.25, 0.3) is 5.91 Å². The lowest BCUT2D eigenvalue weighted by molar-refractivity contribution is 0.102. The Morgan fingerprint density at radius 1 is 1.09 bits per heavy atom. The van der Waals surface area contributed by atoms with Crippen LogP contribution in [-0.4, -0.2) is 45.1 Å². The van der Waals surface area contributed by atoms with Crippen molar-refractivity contribution in [2.45, 2.75) is 20.4 Å². The molecule has 0 saturated heterocycles. The topological polar surface area (TPSA) is 107 Å². The molecule has 1 amide bonds. The number of nitrogens with zero attached hydrogens (tertiary/aromatic N) is 4. The van der Waals surface area contributed by atoms with Gasteiger partial charge in [0.05, 0.1) is 32.0 Å². The van der Waals surface area contributed by atoms with E-state index in [2.05, 4.69) is 25.6 Å². The minimum absolute atomic E-state index is 0.173. The molecule has 2 aromatic heterocycles. The molecule has 0 fully saturated rings. The minimum atomic E-state index is -0.299. The molecule has 164 valence electrons. The molecule has 0 aliphatic heterocycles. The Morgan fingerprint density at radius 3 is 2.66 bits per heavy atom. The fourth-order valence-electron chi connectivity index (χ4n) is 3.42. The van der Waals surface area contributed by atoms with Crippen molar-refractivity contribution in [3.63, 3.8) is 0 Å². The van der Waals surface area contributed by atoms with Crippen molar-refractivity contribution in [1.82, 2.24) is 25.0 Å². The molecule has 0 saturated carbocycles. The summed E-state index contributed by atoms with van der Waals surface area (Å²) in [4.78, 5) is 17.2. The summed E-state index contributed by atoms with van der Waals surface area (Å²) in [7, 11) is 3.15. The van der Waals surface area contributed by atoms with Gasteiger partial charge in [-0.05, 0) is 49.7 Å². The first-order valence-corrected chi connectivity index (χ1v) is 10.0. The molecule has 2 aromatic carbocycles. The van der Waals surface area contributed by atoms with Crippen molar-refractivity contribution in [3.8, 4) is 22.9 Å². The van der Waals surface area contributed by atoms with Crippen molar-refractivity contribution in [2.24, 2.45) is 0 Å². The van der Waals surface area contributed by atoms with Crippen LogP contribution in [0.3, 0.4) is 0 Å². The van der Waals surface area contributed by atoms with E-state index in [4.69, 9.17) is 9.47 Å². The largest absolute Gasteiger partial charge is 0.497 e. The molecular weight excluding hydrogens is 408 g/mol. The predicted molar refractivity (Wildman–Crippen MR) is 120 cm³/mol. The van der Waals surface area contributed by atoms with E-state index in [0.717, 1.165) is 17.0 Å². The zero-order chi connectivity index (χ0) is 22.7. The molecule has 0 radical (unpaired) electrons. The fraction of sp³-hybridized carbons (Fsp3) is 0.217. The minimum Gasteiger partial charge on any atom is -0.497 e. The molecule has 2 heterocycles. The Labute approximate surface area is 185 Å². The first-order chi connectivity index (χ1) is 15.5. The maximum Gasteiger partial charge on any atom is 0.258 e. The van der Waals surface area contributed by atoms with Gasteiger partial charge in [-0.3, -0.25) is 19.9 Å². The summed E-state index contributed by atoms with van der Waals surface area (Å²) in [5, 5.41) is 14.2. The van der Waals surface area contributed by atoms with Crippen LogP contribution in [-0.2, 0) is 6.54 Å². The number of nitrogens with one attached hydrogen (secondary N) is 2. The summed E-state index contributed by atoms with van der Waals surface area (Å²) in [5.74, 6) is 1.59. The van der Waals surface area contributed by atoms with E-state index < -0.39 is 0 Å². The zero-order valence-electron chi connectivity index (χ0n) is 18.3. The van der Waals surface area contributed by atoms with E-state index in [1.165, 1.54) is 0 Å². The number of anilines is 1. The van der Waals surface area contributed by atoms with E-state index in [0.29, 0.717) is 35.0 Å². The van der Waals surface area contributed by atoms with Gasteiger partial charge in [0.1, 0.15) is 11.5 Å². The predicted octanol–water partition coefficient (Wildman–Crippen LogP) is 3.60. The van der Waals surface area contributed by atoms with Crippen molar-refractivity contribution in [1.29, 1.82) is 0 Å². The highest BCUT2D eigenvalue weighted by atomic mass is 16.5. The van der Waals surface area contributed by atoms with Gasteiger partial charge < -0.3 is 9.47 Å². The third-order valence-corrected chi connectivity index (χ3v) is 5.00. The Balaban J connectivity index is 1.50. The number of rotatable bonds is 7. The summed E-state index contributed by atoms with van der Waals surface area (Å²) in [6, 6.07) is 14.8. The number of benzene rings is 2. The quantitative estimate of drug-likeness (QED) is 0.462. The maximum atomic E-state index is 12.8. The number of amides is 1. The number of aromatic amines is 1. The first-order valence-electron chi connectivity index (χ1n) is 10.0. The molecule has 0 spiro atoms. The summed E-state index contributed by atoms with van der Waals surface area (Å²) in [6.45, 7) is 4.55. The number of ether oxygens (including phenoxy) is 2. The van der Waals surface area contributed by atoms with E-state index in [1.807, 2.05) is 48.9 Å². The maximum absolute atomic E-state index is 12.8. The number of hydrogen-bond donors (Lipinski definition) is 2. The van der Waals surface area contributed by atoms with Crippen molar-refractivity contribution in [2.75, 3.05) is 19.5 Å². The van der Waals surface area contributed by atoms with Crippen LogP contribution in [0.4, 0.5) is 5.95 Å². The van der Waals surface area contributed by atoms with Gasteiger partial charge in [0.15, 0.2) is 5.82 Å². The molecule has 0 bridgehead atoms. The number of aromatic nitrogens is 5. The lowest BCUT2D eigenvalue weighted by atomic mass is 10.1. The van der Waals surface area contributed by atoms with Crippen LogP contribution in [0.2, 0.25) is 0 Å². The van der Waals surface area contributed by atoms with Crippen molar-refractivity contribution < 1.29 is 14.3 Å². The number of hydrogen-bond acceptors (Lipinski definition) is 6. The van der Waals surface area contributed by atoms with Gasteiger partial charge in [0, 0.05) is 17.3 Å². The standard InChI is InChI=1S/C23H24N6O3/c1-14-10-15(2)29(28-14)13-16-6-5-7-17(11-16)22(30)25-23-24-21(26-27-23)19-9-8-18(31-3)12-20(19)32-4/h5-12H,13H2,1-4H3,(H2,24,25,26,27,30). The second kappa shape index (κ2) is 8.93.